The first kappa shape index (κ1) is 10.1. The third-order valence-corrected chi connectivity index (χ3v) is 3.32. The van der Waals surface area contributed by atoms with Crippen LogP contribution < -0.4 is 0 Å². The fraction of sp³-hybridized carbons (Fsp3) is 0.133. The summed E-state index contributed by atoms with van der Waals surface area (Å²) < 4.78 is 0. The van der Waals surface area contributed by atoms with E-state index in [4.69, 9.17) is 0 Å². The van der Waals surface area contributed by atoms with E-state index in [0.717, 1.165) is 11.0 Å². The molecule has 0 atom stereocenters. The van der Waals surface area contributed by atoms with E-state index in [1.807, 2.05) is 12.4 Å². The molecule has 3 aromatic rings. The minimum Gasteiger partial charge on any atom is -0.346 e. The lowest BCUT2D eigenvalue weighted by molar-refractivity contribution is 1.30. The molecule has 2 heteroatoms. The Bertz CT molecular complexity index is 680. The summed E-state index contributed by atoms with van der Waals surface area (Å²) in [6.45, 7) is 4.30. The van der Waals surface area contributed by atoms with Gasteiger partial charge < -0.3 is 4.98 Å². The van der Waals surface area contributed by atoms with Crippen molar-refractivity contribution in [1.82, 2.24) is 9.97 Å². The molecule has 0 saturated carbocycles. The number of fused-ring (bicyclic) bond motifs is 1. The van der Waals surface area contributed by atoms with E-state index in [1.165, 1.54) is 22.3 Å². The molecule has 0 fully saturated rings. The van der Waals surface area contributed by atoms with Crippen molar-refractivity contribution >= 4 is 11.0 Å². The second-order valence-electron chi connectivity index (χ2n) is 4.39. The number of hydrogen-bond donors (Lipinski definition) is 1. The molecule has 0 amide bonds. The van der Waals surface area contributed by atoms with Crippen LogP contribution in [0.5, 0.6) is 0 Å². The van der Waals surface area contributed by atoms with Crippen molar-refractivity contribution in [2.75, 3.05) is 0 Å². The minimum atomic E-state index is 0.944. The molecular weight excluding hydrogens is 208 g/mol. The van der Waals surface area contributed by atoms with Crippen molar-refractivity contribution in [2.45, 2.75) is 13.8 Å². The highest BCUT2D eigenvalue weighted by atomic mass is 14.8. The van der Waals surface area contributed by atoms with Gasteiger partial charge in [0.25, 0.3) is 0 Å². The Hall–Kier alpha value is -2.09. The summed E-state index contributed by atoms with van der Waals surface area (Å²) in [6, 6.07) is 10.6. The van der Waals surface area contributed by atoms with E-state index in [2.05, 4.69) is 54.1 Å². The molecule has 0 aliphatic heterocycles. The van der Waals surface area contributed by atoms with E-state index in [1.54, 1.807) is 0 Å². The molecule has 2 heterocycles. The zero-order valence-corrected chi connectivity index (χ0v) is 9.99. The Balaban J connectivity index is 2.23. The van der Waals surface area contributed by atoms with Crippen LogP contribution in [0.15, 0.2) is 42.7 Å². The van der Waals surface area contributed by atoms with Gasteiger partial charge in [-0.05, 0) is 42.7 Å². The molecule has 1 N–H and O–H groups in total. The molecule has 0 spiro atoms. The zero-order chi connectivity index (χ0) is 11.8. The Morgan fingerprint density at radius 2 is 2.00 bits per heavy atom. The van der Waals surface area contributed by atoms with Crippen LogP contribution in [0, 0.1) is 13.8 Å². The molecule has 0 radical (unpaired) electrons. The van der Waals surface area contributed by atoms with Gasteiger partial charge in [0.15, 0.2) is 0 Å². The van der Waals surface area contributed by atoms with E-state index >= 15 is 0 Å². The summed E-state index contributed by atoms with van der Waals surface area (Å²) in [6.07, 6.45) is 3.85. The monoisotopic (exact) mass is 222 g/mol. The first-order chi connectivity index (χ1) is 8.25. The summed E-state index contributed by atoms with van der Waals surface area (Å²) in [4.78, 5) is 7.55. The maximum Gasteiger partial charge on any atom is 0.137 e. The Kier molecular flexibility index (Phi) is 2.22. The minimum absolute atomic E-state index is 0.944. The standard InChI is InChI=1S/C15H14N2/c1-10-4-3-5-14(11(10)2)13-8-12-6-7-16-15(12)17-9-13/h3-9H,1-2H3,(H,16,17). The maximum absolute atomic E-state index is 4.43. The van der Waals surface area contributed by atoms with Gasteiger partial charge in [-0.2, -0.15) is 0 Å². The highest BCUT2D eigenvalue weighted by molar-refractivity contribution is 5.82. The van der Waals surface area contributed by atoms with E-state index in [9.17, 15) is 0 Å². The smallest absolute Gasteiger partial charge is 0.137 e. The number of H-pyrrole nitrogens is 1. The summed E-state index contributed by atoms with van der Waals surface area (Å²) in [7, 11) is 0. The lowest BCUT2D eigenvalue weighted by atomic mass is 9.98. The highest BCUT2D eigenvalue weighted by Crippen LogP contribution is 2.26. The van der Waals surface area contributed by atoms with Crippen LogP contribution in [0.4, 0.5) is 0 Å². The normalized spacial score (nSPS) is 10.9. The van der Waals surface area contributed by atoms with Crippen molar-refractivity contribution in [3.8, 4) is 11.1 Å². The second-order valence-corrected chi connectivity index (χ2v) is 4.39. The highest BCUT2D eigenvalue weighted by Gasteiger charge is 2.05. The van der Waals surface area contributed by atoms with Gasteiger partial charge in [-0.15, -0.1) is 0 Å². The molecule has 2 aromatic heterocycles. The van der Waals surface area contributed by atoms with Crippen LogP contribution in [0.3, 0.4) is 0 Å². The molecule has 0 bridgehead atoms. The third-order valence-electron chi connectivity index (χ3n) is 3.32. The topological polar surface area (TPSA) is 28.7 Å². The second kappa shape index (κ2) is 3.74. The molecule has 2 nitrogen and oxygen atoms in total. The molecule has 17 heavy (non-hydrogen) atoms. The number of aromatic nitrogens is 2. The van der Waals surface area contributed by atoms with Gasteiger partial charge in [0.2, 0.25) is 0 Å². The lowest BCUT2D eigenvalue weighted by Crippen LogP contribution is -1.88. The van der Waals surface area contributed by atoms with Crippen LogP contribution >= 0.6 is 0 Å². The van der Waals surface area contributed by atoms with Gasteiger partial charge in [0.05, 0.1) is 0 Å². The molecule has 0 aliphatic carbocycles. The number of nitrogens with zero attached hydrogens (tertiary/aromatic N) is 1. The van der Waals surface area contributed by atoms with Crippen LogP contribution in [-0.4, -0.2) is 9.97 Å². The van der Waals surface area contributed by atoms with Gasteiger partial charge >= 0.3 is 0 Å². The Labute approximate surface area is 100 Å². The summed E-state index contributed by atoms with van der Waals surface area (Å²) >= 11 is 0. The van der Waals surface area contributed by atoms with Crippen LogP contribution in [0.2, 0.25) is 0 Å². The number of hydrogen-bond acceptors (Lipinski definition) is 1. The quantitative estimate of drug-likeness (QED) is 0.665. The van der Waals surface area contributed by atoms with Crippen molar-refractivity contribution < 1.29 is 0 Å². The fourth-order valence-corrected chi connectivity index (χ4v) is 2.15. The van der Waals surface area contributed by atoms with Crippen LogP contribution in [0.25, 0.3) is 22.2 Å². The van der Waals surface area contributed by atoms with Crippen molar-refractivity contribution in [2.24, 2.45) is 0 Å². The number of nitrogens with one attached hydrogen (secondary N) is 1. The molecule has 3 rings (SSSR count). The molecule has 0 aliphatic rings. The average Bonchev–Trinajstić information content (AvgIpc) is 2.79. The average molecular weight is 222 g/mol. The summed E-state index contributed by atoms with van der Waals surface area (Å²) in [5.41, 5.74) is 6.03. The lowest BCUT2D eigenvalue weighted by Gasteiger charge is -2.08. The summed E-state index contributed by atoms with van der Waals surface area (Å²) in [5.74, 6) is 0. The zero-order valence-electron chi connectivity index (χ0n) is 9.99. The van der Waals surface area contributed by atoms with Crippen LogP contribution in [-0.2, 0) is 0 Å². The molecular formula is C15H14N2. The van der Waals surface area contributed by atoms with Gasteiger partial charge in [0, 0.05) is 23.3 Å². The SMILES string of the molecule is Cc1cccc(-c2cnc3[nH]ccc3c2)c1C. The number of aryl methyl sites for hydroxylation is 1. The van der Waals surface area contributed by atoms with Crippen LogP contribution in [0.1, 0.15) is 11.1 Å². The van der Waals surface area contributed by atoms with Gasteiger partial charge in [-0.3, -0.25) is 0 Å². The Morgan fingerprint density at radius 3 is 2.88 bits per heavy atom. The predicted molar refractivity (Wildman–Crippen MR) is 71.0 cm³/mol. The van der Waals surface area contributed by atoms with Crippen molar-refractivity contribution in [3.05, 3.63) is 53.9 Å². The van der Waals surface area contributed by atoms with Crippen molar-refractivity contribution in [3.63, 3.8) is 0 Å². The van der Waals surface area contributed by atoms with E-state index < -0.39 is 0 Å². The largest absolute Gasteiger partial charge is 0.346 e. The van der Waals surface area contributed by atoms with Crippen molar-refractivity contribution in [1.29, 1.82) is 0 Å². The number of benzene rings is 1. The molecule has 84 valence electrons. The van der Waals surface area contributed by atoms with Gasteiger partial charge in [-0.25, -0.2) is 4.98 Å². The Morgan fingerprint density at radius 1 is 1.12 bits per heavy atom. The number of pyridine rings is 1. The number of rotatable bonds is 1. The molecule has 0 saturated heterocycles. The molecule has 1 aromatic carbocycles. The molecule has 0 unspecified atom stereocenters. The number of aromatic amines is 1. The fourth-order valence-electron chi connectivity index (χ4n) is 2.15. The first-order valence-corrected chi connectivity index (χ1v) is 5.75. The third kappa shape index (κ3) is 1.62. The van der Waals surface area contributed by atoms with E-state index in [-0.39, 0.29) is 0 Å². The maximum atomic E-state index is 4.43. The first-order valence-electron chi connectivity index (χ1n) is 5.75. The van der Waals surface area contributed by atoms with Gasteiger partial charge in [-0.1, -0.05) is 18.2 Å². The van der Waals surface area contributed by atoms with E-state index in [0.29, 0.717) is 0 Å². The predicted octanol–water partition coefficient (Wildman–Crippen LogP) is 3.85. The van der Waals surface area contributed by atoms with Gasteiger partial charge in [0.1, 0.15) is 5.65 Å². The summed E-state index contributed by atoms with van der Waals surface area (Å²) in [5, 5.41) is 1.16.